The van der Waals surface area contributed by atoms with E-state index in [1.54, 1.807) is 24.3 Å². The van der Waals surface area contributed by atoms with Gasteiger partial charge in [0.1, 0.15) is 0 Å². The molecule has 0 amide bonds. The predicted octanol–water partition coefficient (Wildman–Crippen LogP) is 8.07. The first-order valence-electron chi connectivity index (χ1n) is 9.27. The van der Waals surface area contributed by atoms with E-state index in [9.17, 15) is 4.79 Å². The molecular weight excluding hydrogens is 437 g/mol. The second-order valence-electron chi connectivity index (χ2n) is 6.83. The normalized spacial score (nSPS) is 11.3. The van der Waals surface area contributed by atoms with Crippen LogP contribution in [0.15, 0.2) is 72.8 Å². The van der Waals surface area contributed by atoms with Gasteiger partial charge in [0.2, 0.25) is 0 Å². The maximum Gasteiger partial charge on any atom is 0.188 e. The summed E-state index contributed by atoms with van der Waals surface area (Å²) in [6, 6.07) is 20.4. The summed E-state index contributed by atoms with van der Waals surface area (Å²) < 4.78 is 0. The lowest BCUT2D eigenvalue weighted by atomic mass is 9.92. The highest BCUT2D eigenvalue weighted by Gasteiger charge is 2.19. The lowest BCUT2D eigenvalue weighted by molar-refractivity contribution is 0.104. The average molecular weight is 453 g/mol. The molecule has 0 saturated heterocycles. The van der Waals surface area contributed by atoms with Crippen LogP contribution in [0.5, 0.6) is 0 Å². The Labute approximate surface area is 189 Å². The summed E-state index contributed by atoms with van der Waals surface area (Å²) in [6.07, 6.45) is 3.19. The first-order valence-corrected chi connectivity index (χ1v) is 10.4. The van der Waals surface area contributed by atoms with E-state index in [1.807, 2.05) is 55.5 Å². The smallest absolute Gasteiger partial charge is 0.188 e. The number of carbonyl (C=O) groups excluding carboxylic acids is 1. The van der Waals surface area contributed by atoms with Crippen LogP contribution in [0.4, 0.5) is 0 Å². The van der Waals surface area contributed by atoms with Gasteiger partial charge in [-0.1, -0.05) is 65.1 Å². The molecule has 0 fully saturated rings. The van der Waals surface area contributed by atoms with Gasteiger partial charge in [-0.3, -0.25) is 9.78 Å². The zero-order chi connectivity index (χ0) is 21.3. The molecule has 0 aliphatic rings. The molecule has 4 aromatic rings. The Kier molecular flexibility index (Phi) is 5.92. The molecule has 0 radical (unpaired) electrons. The van der Waals surface area contributed by atoms with Gasteiger partial charge in [0.05, 0.1) is 11.1 Å². The number of aromatic nitrogens is 1. The van der Waals surface area contributed by atoms with Crippen LogP contribution >= 0.6 is 34.8 Å². The lowest BCUT2D eigenvalue weighted by Gasteiger charge is -2.14. The summed E-state index contributed by atoms with van der Waals surface area (Å²) in [5.74, 6) is -0.160. The molecule has 30 heavy (non-hydrogen) atoms. The fourth-order valence-corrected chi connectivity index (χ4v) is 3.93. The third-order valence-electron chi connectivity index (χ3n) is 4.82. The Balaban J connectivity index is 1.89. The molecule has 0 atom stereocenters. The molecule has 2 nitrogen and oxygen atoms in total. The van der Waals surface area contributed by atoms with Gasteiger partial charge >= 0.3 is 0 Å². The van der Waals surface area contributed by atoms with Crippen LogP contribution in [0.25, 0.3) is 28.1 Å². The van der Waals surface area contributed by atoms with Crippen molar-refractivity contribution in [2.24, 2.45) is 0 Å². The second kappa shape index (κ2) is 8.61. The van der Waals surface area contributed by atoms with Crippen LogP contribution in [0.2, 0.25) is 15.1 Å². The van der Waals surface area contributed by atoms with Crippen LogP contribution in [0, 0.1) is 6.92 Å². The Morgan fingerprint density at radius 1 is 0.900 bits per heavy atom. The van der Waals surface area contributed by atoms with Crippen molar-refractivity contribution in [1.82, 2.24) is 4.98 Å². The van der Waals surface area contributed by atoms with Crippen molar-refractivity contribution >= 4 is 57.6 Å². The zero-order valence-electron chi connectivity index (χ0n) is 16.0. The maximum atomic E-state index is 13.3. The summed E-state index contributed by atoms with van der Waals surface area (Å²) in [6.45, 7) is 1.85. The number of fused-ring (bicyclic) bond motifs is 1. The second-order valence-corrected chi connectivity index (χ2v) is 8.11. The topological polar surface area (TPSA) is 30.0 Å². The summed E-state index contributed by atoms with van der Waals surface area (Å²) in [4.78, 5) is 18.0. The number of rotatable bonds is 4. The molecule has 0 N–H and O–H groups in total. The molecular formula is C25H16Cl3NO. The molecule has 0 aliphatic carbocycles. The Morgan fingerprint density at radius 2 is 1.60 bits per heavy atom. The summed E-state index contributed by atoms with van der Waals surface area (Å²) in [5, 5.41) is 2.62. The molecule has 148 valence electrons. The first kappa shape index (κ1) is 20.6. The highest BCUT2D eigenvalue weighted by Crippen LogP contribution is 2.34. The SMILES string of the molecule is Cc1nc2ccccc2c(-c2ccc(Cl)cc2)c1C(=O)C=Cc1cc(Cl)ccc1Cl. The van der Waals surface area contributed by atoms with E-state index in [0.29, 0.717) is 31.9 Å². The first-order chi connectivity index (χ1) is 14.4. The Bertz CT molecular complexity index is 1290. The quantitative estimate of drug-likeness (QED) is 0.231. The van der Waals surface area contributed by atoms with E-state index < -0.39 is 0 Å². The molecule has 0 bridgehead atoms. The van der Waals surface area contributed by atoms with Gasteiger partial charge in [0.15, 0.2) is 5.78 Å². The van der Waals surface area contributed by atoms with Crippen LogP contribution in [0.1, 0.15) is 21.6 Å². The van der Waals surface area contributed by atoms with Crippen molar-refractivity contribution in [2.45, 2.75) is 6.92 Å². The number of halogens is 3. The number of pyridine rings is 1. The van der Waals surface area contributed by atoms with Crippen molar-refractivity contribution < 1.29 is 4.79 Å². The van der Waals surface area contributed by atoms with Crippen molar-refractivity contribution in [2.75, 3.05) is 0 Å². The van der Waals surface area contributed by atoms with Crippen LogP contribution in [-0.4, -0.2) is 10.8 Å². The molecule has 0 saturated carbocycles. The average Bonchev–Trinajstić information content (AvgIpc) is 2.74. The van der Waals surface area contributed by atoms with Crippen molar-refractivity contribution in [1.29, 1.82) is 0 Å². The van der Waals surface area contributed by atoms with Crippen LogP contribution in [0.3, 0.4) is 0 Å². The fraction of sp³-hybridized carbons (Fsp3) is 0.0400. The van der Waals surface area contributed by atoms with Crippen molar-refractivity contribution in [3.63, 3.8) is 0 Å². The molecule has 1 heterocycles. The van der Waals surface area contributed by atoms with Gasteiger partial charge in [-0.25, -0.2) is 0 Å². The number of hydrogen-bond acceptors (Lipinski definition) is 2. The monoisotopic (exact) mass is 451 g/mol. The van der Waals surface area contributed by atoms with E-state index in [4.69, 9.17) is 34.8 Å². The van der Waals surface area contributed by atoms with Crippen LogP contribution < -0.4 is 0 Å². The minimum Gasteiger partial charge on any atom is -0.289 e. The van der Waals surface area contributed by atoms with E-state index >= 15 is 0 Å². The van der Waals surface area contributed by atoms with Crippen molar-refractivity contribution in [3.8, 4) is 11.1 Å². The number of benzene rings is 3. The van der Waals surface area contributed by atoms with Gasteiger partial charge < -0.3 is 0 Å². The van der Waals surface area contributed by atoms with Gasteiger partial charge in [0.25, 0.3) is 0 Å². The van der Waals surface area contributed by atoms with Crippen molar-refractivity contribution in [3.05, 3.63) is 105 Å². The third-order valence-corrected chi connectivity index (χ3v) is 5.66. The Morgan fingerprint density at radius 3 is 2.37 bits per heavy atom. The zero-order valence-corrected chi connectivity index (χ0v) is 18.3. The number of allylic oxidation sites excluding steroid dienone is 1. The molecule has 0 spiro atoms. The number of ketones is 1. The molecule has 5 heteroatoms. The van der Waals surface area contributed by atoms with Gasteiger partial charge in [-0.05, 0) is 66.6 Å². The molecule has 4 rings (SSSR count). The predicted molar refractivity (Wildman–Crippen MR) is 127 cm³/mol. The fourth-order valence-electron chi connectivity index (χ4n) is 3.44. The van der Waals surface area contributed by atoms with Gasteiger partial charge in [-0.15, -0.1) is 0 Å². The minimum atomic E-state index is -0.160. The molecule has 0 unspecified atom stereocenters. The van der Waals surface area contributed by atoms with Crippen LogP contribution in [-0.2, 0) is 0 Å². The summed E-state index contributed by atoms with van der Waals surface area (Å²) in [7, 11) is 0. The standard InChI is InChI=1S/C25H16Cl3NO/c1-15-24(23(30)13-8-17-14-19(27)11-12-21(17)28)25(16-6-9-18(26)10-7-16)20-4-2-3-5-22(20)29-15/h2-14H,1H3. The minimum absolute atomic E-state index is 0.160. The number of carbonyl (C=O) groups is 1. The van der Waals surface area contributed by atoms with E-state index in [2.05, 4.69) is 4.98 Å². The maximum absolute atomic E-state index is 13.3. The lowest BCUT2D eigenvalue weighted by Crippen LogP contribution is -2.05. The number of para-hydroxylation sites is 1. The number of hydrogen-bond donors (Lipinski definition) is 0. The van der Waals surface area contributed by atoms with E-state index in [0.717, 1.165) is 22.0 Å². The third kappa shape index (κ3) is 4.13. The largest absolute Gasteiger partial charge is 0.289 e. The van der Waals surface area contributed by atoms with E-state index in [1.165, 1.54) is 6.08 Å². The highest BCUT2D eigenvalue weighted by molar-refractivity contribution is 6.34. The van der Waals surface area contributed by atoms with E-state index in [-0.39, 0.29) is 5.78 Å². The number of aryl methyl sites for hydroxylation is 1. The summed E-state index contributed by atoms with van der Waals surface area (Å²) >= 11 is 18.4. The van der Waals surface area contributed by atoms with Gasteiger partial charge in [-0.2, -0.15) is 0 Å². The van der Waals surface area contributed by atoms with Gasteiger partial charge in [0, 0.05) is 31.7 Å². The summed E-state index contributed by atoms with van der Waals surface area (Å²) in [5.41, 5.74) is 4.45. The Hall–Kier alpha value is -2.65. The number of nitrogens with zero attached hydrogens (tertiary/aromatic N) is 1. The highest BCUT2D eigenvalue weighted by atomic mass is 35.5. The molecule has 0 aliphatic heterocycles. The molecule has 1 aromatic heterocycles. The molecule has 3 aromatic carbocycles.